The van der Waals surface area contributed by atoms with Crippen LogP contribution in [-0.2, 0) is 16.1 Å². The van der Waals surface area contributed by atoms with E-state index in [2.05, 4.69) is 4.98 Å². The van der Waals surface area contributed by atoms with Crippen LogP contribution in [0.25, 0.3) is 0 Å². The molecule has 2 aromatic heterocycles. The molecule has 2 fully saturated rings. The molecule has 0 bridgehead atoms. The zero-order chi connectivity index (χ0) is 17.1. The number of nitrogens with zero attached hydrogens (tertiary/aromatic N) is 2. The lowest BCUT2D eigenvalue weighted by atomic mass is 10.1. The SMILES string of the molecule is O=C(c1cccs1)N1CCO[C@@H]2C[C@H](COCc3ccccn3)C[C@@H]21. The molecule has 1 saturated heterocycles. The summed E-state index contributed by atoms with van der Waals surface area (Å²) in [7, 11) is 0. The summed E-state index contributed by atoms with van der Waals surface area (Å²) < 4.78 is 11.8. The van der Waals surface area contributed by atoms with Gasteiger partial charge < -0.3 is 14.4 Å². The number of amides is 1. The lowest BCUT2D eigenvalue weighted by Crippen LogP contribution is -2.51. The minimum absolute atomic E-state index is 0.140. The summed E-state index contributed by atoms with van der Waals surface area (Å²) in [4.78, 5) is 19.9. The third kappa shape index (κ3) is 3.76. The second-order valence-corrected chi connectivity index (χ2v) is 7.57. The Morgan fingerprint density at radius 1 is 1.32 bits per heavy atom. The highest BCUT2D eigenvalue weighted by molar-refractivity contribution is 7.12. The van der Waals surface area contributed by atoms with E-state index in [1.165, 1.54) is 11.3 Å². The average Bonchev–Trinajstić information content (AvgIpc) is 3.31. The second kappa shape index (κ2) is 7.64. The van der Waals surface area contributed by atoms with Crippen LogP contribution in [-0.4, -0.2) is 47.7 Å². The van der Waals surface area contributed by atoms with Gasteiger partial charge in [0.15, 0.2) is 0 Å². The summed E-state index contributed by atoms with van der Waals surface area (Å²) >= 11 is 1.51. The summed E-state index contributed by atoms with van der Waals surface area (Å²) in [5.74, 6) is 0.568. The fourth-order valence-corrected chi connectivity index (χ4v) is 4.47. The maximum Gasteiger partial charge on any atom is 0.264 e. The van der Waals surface area contributed by atoms with Gasteiger partial charge in [-0.25, -0.2) is 0 Å². The Bertz CT molecular complexity index is 692. The minimum Gasteiger partial charge on any atom is -0.375 e. The van der Waals surface area contributed by atoms with Crippen LogP contribution < -0.4 is 0 Å². The molecule has 4 rings (SSSR count). The van der Waals surface area contributed by atoms with Gasteiger partial charge in [-0.05, 0) is 42.3 Å². The summed E-state index contributed by atoms with van der Waals surface area (Å²) in [6, 6.07) is 9.85. The Morgan fingerprint density at radius 2 is 2.28 bits per heavy atom. The average molecular weight is 358 g/mol. The van der Waals surface area contributed by atoms with Crippen LogP contribution in [0.15, 0.2) is 41.9 Å². The highest BCUT2D eigenvalue weighted by Crippen LogP contribution is 2.35. The van der Waals surface area contributed by atoms with Crippen LogP contribution in [0.5, 0.6) is 0 Å². The Hall–Kier alpha value is -1.76. The Morgan fingerprint density at radius 3 is 3.08 bits per heavy atom. The van der Waals surface area contributed by atoms with Gasteiger partial charge in [-0.15, -0.1) is 11.3 Å². The smallest absolute Gasteiger partial charge is 0.264 e. The number of hydrogen-bond acceptors (Lipinski definition) is 5. The lowest BCUT2D eigenvalue weighted by Gasteiger charge is -2.37. The van der Waals surface area contributed by atoms with Crippen LogP contribution in [0, 0.1) is 5.92 Å². The number of thiophene rings is 1. The van der Waals surface area contributed by atoms with E-state index in [4.69, 9.17) is 9.47 Å². The molecule has 2 aliphatic rings. The van der Waals surface area contributed by atoms with E-state index >= 15 is 0 Å². The number of carbonyl (C=O) groups excluding carboxylic acids is 1. The number of ether oxygens (including phenoxy) is 2. The molecule has 1 amide bonds. The van der Waals surface area contributed by atoms with E-state index in [-0.39, 0.29) is 18.1 Å². The monoisotopic (exact) mass is 358 g/mol. The molecule has 1 aliphatic carbocycles. The number of fused-ring (bicyclic) bond motifs is 1. The predicted octanol–water partition coefficient (Wildman–Crippen LogP) is 2.98. The maximum absolute atomic E-state index is 12.8. The molecule has 0 spiro atoms. The van der Waals surface area contributed by atoms with Crippen molar-refractivity contribution in [2.75, 3.05) is 19.8 Å². The van der Waals surface area contributed by atoms with Gasteiger partial charge in [0.05, 0.1) is 42.5 Å². The van der Waals surface area contributed by atoms with Gasteiger partial charge in [-0.2, -0.15) is 0 Å². The molecular formula is C19H22N2O3S. The molecule has 2 aromatic rings. The largest absolute Gasteiger partial charge is 0.375 e. The molecule has 25 heavy (non-hydrogen) atoms. The van der Waals surface area contributed by atoms with E-state index in [9.17, 15) is 4.79 Å². The minimum atomic E-state index is 0.140. The van der Waals surface area contributed by atoms with Gasteiger partial charge in [0, 0.05) is 12.7 Å². The van der Waals surface area contributed by atoms with E-state index in [0.29, 0.717) is 32.3 Å². The van der Waals surface area contributed by atoms with E-state index in [0.717, 1.165) is 23.4 Å². The molecule has 132 valence electrons. The quantitative estimate of drug-likeness (QED) is 0.825. The molecule has 0 aromatic carbocycles. The molecule has 3 heterocycles. The Balaban J connectivity index is 1.33. The third-order valence-electron chi connectivity index (χ3n) is 4.96. The van der Waals surface area contributed by atoms with Gasteiger partial charge in [0.1, 0.15) is 0 Å². The van der Waals surface area contributed by atoms with Crippen LogP contribution in [0.4, 0.5) is 0 Å². The zero-order valence-corrected chi connectivity index (χ0v) is 14.9. The molecule has 1 saturated carbocycles. The molecule has 3 atom stereocenters. The maximum atomic E-state index is 12.8. The van der Waals surface area contributed by atoms with Crippen LogP contribution in [0.1, 0.15) is 28.2 Å². The van der Waals surface area contributed by atoms with Crippen molar-refractivity contribution in [1.82, 2.24) is 9.88 Å². The zero-order valence-electron chi connectivity index (χ0n) is 14.0. The Kier molecular flexibility index (Phi) is 5.10. The normalized spacial score (nSPS) is 25.8. The Labute approximate surface area is 151 Å². The molecular weight excluding hydrogens is 336 g/mol. The molecule has 0 N–H and O–H groups in total. The van der Waals surface area contributed by atoms with Crippen molar-refractivity contribution in [3.63, 3.8) is 0 Å². The first kappa shape index (κ1) is 16.7. The van der Waals surface area contributed by atoms with Gasteiger partial charge >= 0.3 is 0 Å². The fraction of sp³-hybridized carbons (Fsp3) is 0.474. The van der Waals surface area contributed by atoms with Crippen LogP contribution in [0.2, 0.25) is 0 Å². The van der Waals surface area contributed by atoms with Gasteiger partial charge in [-0.3, -0.25) is 9.78 Å². The summed E-state index contributed by atoms with van der Waals surface area (Å²) in [6.45, 7) is 2.53. The van der Waals surface area contributed by atoms with Crippen molar-refractivity contribution in [3.8, 4) is 0 Å². The van der Waals surface area contributed by atoms with Crippen molar-refractivity contribution in [1.29, 1.82) is 0 Å². The number of hydrogen-bond donors (Lipinski definition) is 0. The van der Waals surface area contributed by atoms with E-state index in [1.54, 1.807) is 6.20 Å². The standard InChI is InChI=1S/C19H22N2O3S/c22-19(18-5-3-9-25-18)21-7-8-24-17-11-14(10-16(17)21)12-23-13-15-4-1-2-6-20-15/h1-6,9,14,16-17H,7-8,10-13H2/t14-,16+,17-/m1/s1. The number of carbonyl (C=O) groups is 1. The van der Waals surface area contributed by atoms with Crippen molar-refractivity contribution < 1.29 is 14.3 Å². The highest BCUT2D eigenvalue weighted by atomic mass is 32.1. The predicted molar refractivity (Wildman–Crippen MR) is 95.5 cm³/mol. The molecule has 6 heteroatoms. The van der Waals surface area contributed by atoms with Gasteiger partial charge in [0.25, 0.3) is 5.91 Å². The van der Waals surface area contributed by atoms with Crippen molar-refractivity contribution in [2.24, 2.45) is 5.92 Å². The summed E-state index contributed by atoms with van der Waals surface area (Å²) in [5.41, 5.74) is 0.948. The molecule has 5 nitrogen and oxygen atoms in total. The van der Waals surface area contributed by atoms with Gasteiger partial charge in [-0.1, -0.05) is 12.1 Å². The summed E-state index contributed by atoms with van der Waals surface area (Å²) in [6.07, 6.45) is 3.83. The van der Waals surface area contributed by atoms with Crippen molar-refractivity contribution in [2.45, 2.75) is 31.6 Å². The lowest BCUT2D eigenvalue weighted by molar-refractivity contribution is -0.0448. The molecule has 1 aliphatic heterocycles. The fourth-order valence-electron chi connectivity index (χ4n) is 3.79. The highest BCUT2D eigenvalue weighted by Gasteiger charge is 2.43. The van der Waals surface area contributed by atoms with E-state index in [1.807, 2.05) is 40.6 Å². The van der Waals surface area contributed by atoms with Crippen molar-refractivity contribution >= 4 is 17.2 Å². The topological polar surface area (TPSA) is 51.7 Å². The van der Waals surface area contributed by atoms with E-state index < -0.39 is 0 Å². The van der Waals surface area contributed by atoms with Crippen LogP contribution >= 0.6 is 11.3 Å². The number of aromatic nitrogens is 1. The molecule has 0 radical (unpaired) electrons. The second-order valence-electron chi connectivity index (χ2n) is 6.63. The number of rotatable bonds is 5. The number of pyridine rings is 1. The van der Waals surface area contributed by atoms with Crippen molar-refractivity contribution in [3.05, 3.63) is 52.5 Å². The summed E-state index contributed by atoms with van der Waals surface area (Å²) in [5, 5.41) is 1.95. The van der Waals surface area contributed by atoms with Gasteiger partial charge in [0.2, 0.25) is 0 Å². The third-order valence-corrected chi connectivity index (χ3v) is 5.81. The first-order chi connectivity index (χ1) is 12.3. The first-order valence-electron chi connectivity index (χ1n) is 8.75. The van der Waals surface area contributed by atoms with Crippen LogP contribution in [0.3, 0.4) is 0 Å². The number of morpholine rings is 1. The molecule has 0 unspecified atom stereocenters. The first-order valence-corrected chi connectivity index (χ1v) is 9.63.